The summed E-state index contributed by atoms with van der Waals surface area (Å²) in [6.45, 7) is 3.37. The fraction of sp³-hybridized carbons (Fsp3) is 0.562. The highest BCUT2D eigenvalue weighted by molar-refractivity contribution is 5.75. The van der Waals surface area contributed by atoms with E-state index in [9.17, 15) is 4.79 Å². The Morgan fingerprint density at radius 2 is 1.80 bits per heavy atom. The molecule has 0 bridgehead atoms. The second-order valence-electron chi connectivity index (χ2n) is 5.69. The molecule has 1 atom stereocenters. The molecule has 0 saturated carbocycles. The third-order valence-electron chi connectivity index (χ3n) is 3.55. The number of carbonyl (C=O) groups is 1. The molecule has 0 radical (unpaired) electrons. The van der Waals surface area contributed by atoms with Crippen LogP contribution in [0.3, 0.4) is 0 Å². The molecule has 1 aromatic carbocycles. The zero-order valence-electron chi connectivity index (χ0n) is 13.1. The lowest BCUT2D eigenvalue weighted by Crippen LogP contribution is -2.27. The summed E-state index contributed by atoms with van der Waals surface area (Å²) in [6, 6.07) is 8.29. The fourth-order valence-electron chi connectivity index (χ4n) is 1.94. The van der Waals surface area contributed by atoms with Gasteiger partial charge in [0, 0.05) is 39.8 Å². The van der Waals surface area contributed by atoms with Gasteiger partial charge in [-0.2, -0.15) is 0 Å². The SMILES string of the molecule is CC(CN)CCC(=O)N(C)Cc1ccc(N(C)C)cc1. The quantitative estimate of drug-likeness (QED) is 0.830. The molecule has 112 valence electrons. The standard InChI is InChI=1S/C16H27N3O/c1-13(11-17)5-10-16(20)19(4)12-14-6-8-15(9-7-14)18(2)3/h6-9,13H,5,10-12,17H2,1-4H3. The van der Waals surface area contributed by atoms with Gasteiger partial charge in [-0.25, -0.2) is 0 Å². The normalized spacial score (nSPS) is 12.1. The molecule has 0 heterocycles. The van der Waals surface area contributed by atoms with E-state index in [-0.39, 0.29) is 5.91 Å². The van der Waals surface area contributed by atoms with E-state index in [0.717, 1.165) is 12.0 Å². The number of carbonyl (C=O) groups excluding carboxylic acids is 1. The van der Waals surface area contributed by atoms with Crippen LogP contribution >= 0.6 is 0 Å². The highest BCUT2D eigenvalue weighted by Crippen LogP contribution is 2.14. The molecule has 0 aliphatic carbocycles. The molecule has 0 fully saturated rings. The Labute approximate surface area is 122 Å². The monoisotopic (exact) mass is 277 g/mol. The summed E-state index contributed by atoms with van der Waals surface area (Å²) in [6.07, 6.45) is 1.43. The van der Waals surface area contributed by atoms with Crippen molar-refractivity contribution in [2.75, 3.05) is 32.6 Å². The molecule has 0 aromatic heterocycles. The number of amides is 1. The van der Waals surface area contributed by atoms with Crippen molar-refractivity contribution in [2.24, 2.45) is 11.7 Å². The van der Waals surface area contributed by atoms with Crippen molar-refractivity contribution in [1.82, 2.24) is 4.90 Å². The van der Waals surface area contributed by atoms with Crippen LogP contribution in [0.2, 0.25) is 0 Å². The van der Waals surface area contributed by atoms with Crippen molar-refractivity contribution in [3.05, 3.63) is 29.8 Å². The van der Waals surface area contributed by atoms with E-state index in [1.54, 1.807) is 4.90 Å². The van der Waals surface area contributed by atoms with Crippen LogP contribution in [-0.2, 0) is 11.3 Å². The van der Waals surface area contributed by atoms with Crippen LogP contribution in [-0.4, -0.2) is 38.5 Å². The third kappa shape index (κ3) is 5.21. The first-order valence-electron chi connectivity index (χ1n) is 7.14. The van der Waals surface area contributed by atoms with Crippen LogP contribution in [0, 0.1) is 5.92 Å². The van der Waals surface area contributed by atoms with Gasteiger partial charge in [-0.3, -0.25) is 4.79 Å². The molecule has 2 N–H and O–H groups in total. The molecular formula is C16H27N3O. The summed E-state index contributed by atoms with van der Waals surface area (Å²) < 4.78 is 0. The smallest absolute Gasteiger partial charge is 0.222 e. The second kappa shape index (κ2) is 7.90. The summed E-state index contributed by atoms with van der Waals surface area (Å²) in [7, 11) is 5.89. The van der Waals surface area contributed by atoms with Crippen molar-refractivity contribution in [1.29, 1.82) is 0 Å². The lowest BCUT2D eigenvalue weighted by atomic mass is 10.1. The van der Waals surface area contributed by atoms with Crippen LogP contribution < -0.4 is 10.6 Å². The number of benzene rings is 1. The van der Waals surface area contributed by atoms with Gasteiger partial charge < -0.3 is 15.5 Å². The second-order valence-corrected chi connectivity index (χ2v) is 5.69. The van der Waals surface area contributed by atoms with Crippen molar-refractivity contribution < 1.29 is 4.79 Å². The Morgan fingerprint density at radius 1 is 1.20 bits per heavy atom. The van der Waals surface area contributed by atoms with Gasteiger partial charge in [0.05, 0.1) is 0 Å². The highest BCUT2D eigenvalue weighted by Gasteiger charge is 2.11. The first-order chi connectivity index (χ1) is 9.43. The predicted octanol–water partition coefficient (Wildman–Crippen LogP) is 2.09. The Bertz CT molecular complexity index is 414. The maximum absolute atomic E-state index is 12.0. The summed E-state index contributed by atoms with van der Waals surface area (Å²) >= 11 is 0. The minimum absolute atomic E-state index is 0.182. The van der Waals surface area contributed by atoms with E-state index >= 15 is 0 Å². The van der Waals surface area contributed by atoms with Gasteiger partial charge in [-0.15, -0.1) is 0 Å². The van der Waals surface area contributed by atoms with Crippen molar-refractivity contribution in [2.45, 2.75) is 26.3 Å². The molecular weight excluding hydrogens is 250 g/mol. The Kier molecular flexibility index (Phi) is 6.52. The van der Waals surface area contributed by atoms with Gasteiger partial charge in [0.15, 0.2) is 0 Å². The van der Waals surface area contributed by atoms with Crippen LogP contribution in [0.5, 0.6) is 0 Å². The van der Waals surface area contributed by atoms with Crippen LogP contribution in [0.1, 0.15) is 25.3 Å². The van der Waals surface area contributed by atoms with Gasteiger partial charge in [0.25, 0.3) is 0 Å². The minimum Gasteiger partial charge on any atom is -0.378 e. The van der Waals surface area contributed by atoms with Gasteiger partial charge in [0.1, 0.15) is 0 Å². The van der Waals surface area contributed by atoms with Gasteiger partial charge >= 0.3 is 0 Å². The van der Waals surface area contributed by atoms with E-state index in [2.05, 4.69) is 36.1 Å². The van der Waals surface area contributed by atoms with E-state index in [1.165, 1.54) is 5.69 Å². The molecule has 0 saturated heterocycles. The third-order valence-corrected chi connectivity index (χ3v) is 3.55. The van der Waals surface area contributed by atoms with Gasteiger partial charge in [-0.05, 0) is 36.6 Å². The first kappa shape index (κ1) is 16.5. The highest BCUT2D eigenvalue weighted by atomic mass is 16.2. The van der Waals surface area contributed by atoms with Crippen LogP contribution in [0.4, 0.5) is 5.69 Å². The largest absolute Gasteiger partial charge is 0.378 e. The molecule has 0 aliphatic rings. The molecule has 20 heavy (non-hydrogen) atoms. The summed E-state index contributed by atoms with van der Waals surface area (Å²) in [4.78, 5) is 15.9. The lowest BCUT2D eigenvalue weighted by Gasteiger charge is -2.19. The van der Waals surface area contributed by atoms with Crippen molar-refractivity contribution in [3.63, 3.8) is 0 Å². The minimum atomic E-state index is 0.182. The zero-order valence-corrected chi connectivity index (χ0v) is 13.1. The topological polar surface area (TPSA) is 49.6 Å². The average Bonchev–Trinajstić information content (AvgIpc) is 2.44. The number of nitrogens with zero attached hydrogens (tertiary/aromatic N) is 2. The lowest BCUT2D eigenvalue weighted by molar-refractivity contribution is -0.130. The Balaban J connectivity index is 2.48. The molecule has 4 heteroatoms. The number of rotatable bonds is 7. The molecule has 0 aliphatic heterocycles. The predicted molar refractivity (Wildman–Crippen MR) is 84.7 cm³/mol. The van der Waals surface area contributed by atoms with E-state index in [0.29, 0.717) is 25.4 Å². The average molecular weight is 277 g/mol. The van der Waals surface area contributed by atoms with Gasteiger partial charge in [0.2, 0.25) is 5.91 Å². The zero-order chi connectivity index (χ0) is 15.1. The Morgan fingerprint density at radius 3 is 2.30 bits per heavy atom. The number of nitrogens with two attached hydrogens (primary N) is 1. The number of hydrogen-bond acceptors (Lipinski definition) is 3. The van der Waals surface area contributed by atoms with Crippen LogP contribution in [0.25, 0.3) is 0 Å². The first-order valence-corrected chi connectivity index (χ1v) is 7.14. The maximum Gasteiger partial charge on any atom is 0.222 e. The number of anilines is 1. The molecule has 1 aromatic rings. The van der Waals surface area contributed by atoms with Crippen molar-refractivity contribution >= 4 is 11.6 Å². The number of hydrogen-bond donors (Lipinski definition) is 1. The van der Waals surface area contributed by atoms with Crippen molar-refractivity contribution in [3.8, 4) is 0 Å². The van der Waals surface area contributed by atoms with Gasteiger partial charge in [-0.1, -0.05) is 19.1 Å². The molecule has 1 unspecified atom stereocenters. The Hall–Kier alpha value is -1.55. The summed E-state index contributed by atoms with van der Waals surface area (Å²) in [5, 5.41) is 0. The summed E-state index contributed by atoms with van der Waals surface area (Å²) in [5.41, 5.74) is 7.89. The van der Waals surface area contributed by atoms with E-state index in [1.807, 2.05) is 21.1 Å². The van der Waals surface area contributed by atoms with E-state index in [4.69, 9.17) is 5.73 Å². The molecule has 1 amide bonds. The fourth-order valence-corrected chi connectivity index (χ4v) is 1.94. The van der Waals surface area contributed by atoms with E-state index < -0.39 is 0 Å². The maximum atomic E-state index is 12.0. The molecule has 1 rings (SSSR count). The molecule has 4 nitrogen and oxygen atoms in total. The summed E-state index contributed by atoms with van der Waals surface area (Å²) in [5.74, 6) is 0.591. The van der Waals surface area contributed by atoms with Crippen LogP contribution in [0.15, 0.2) is 24.3 Å². The molecule has 0 spiro atoms.